The van der Waals surface area contributed by atoms with Crippen LogP contribution in [0.1, 0.15) is 29.8 Å². The van der Waals surface area contributed by atoms with Crippen LogP contribution in [-0.4, -0.2) is 23.1 Å². The van der Waals surface area contributed by atoms with Gasteiger partial charge in [0, 0.05) is 25.0 Å². The molecule has 0 aliphatic carbocycles. The van der Waals surface area contributed by atoms with E-state index in [2.05, 4.69) is 22.2 Å². The zero-order valence-corrected chi connectivity index (χ0v) is 11.5. The molecule has 1 aromatic heterocycles. The second-order valence-corrected chi connectivity index (χ2v) is 4.22. The highest BCUT2D eigenvalue weighted by Gasteiger charge is 2.22. The molecule has 0 aliphatic rings. The highest BCUT2D eigenvalue weighted by molar-refractivity contribution is 5.67. The number of nitrogens with zero attached hydrogens (tertiary/aromatic N) is 2. The summed E-state index contributed by atoms with van der Waals surface area (Å²) in [6.45, 7) is 2.06. The summed E-state index contributed by atoms with van der Waals surface area (Å²) in [5, 5.41) is 2.46. The molecule has 1 heterocycles. The molecule has 0 fully saturated rings. The van der Waals surface area contributed by atoms with Gasteiger partial charge >= 0.3 is 6.09 Å². The second kappa shape index (κ2) is 6.65. The topological polar surface area (TPSA) is 64.1 Å². The first-order valence-electron chi connectivity index (χ1n) is 6.48. The van der Waals surface area contributed by atoms with Gasteiger partial charge in [-0.3, -0.25) is 9.97 Å². The Labute approximate surface area is 118 Å². The zero-order valence-electron chi connectivity index (χ0n) is 11.5. The Morgan fingerprint density at radius 2 is 2.15 bits per heavy atom. The van der Waals surface area contributed by atoms with Gasteiger partial charge in [-0.05, 0) is 12.0 Å². The maximum absolute atomic E-state index is 11.6. The number of benzene rings is 1. The molecule has 0 spiro atoms. The molecular formula is C15H17N3O2. The van der Waals surface area contributed by atoms with Gasteiger partial charge in [0.2, 0.25) is 0 Å². The Morgan fingerprint density at radius 1 is 1.35 bits per heavy atom. The van der Waals surface area contributed by atoms with Crippen molar-refractivity contribution in [2.75, 3.05) is 7.05 Å². The molecule has 0 aliphatic heterocycles. The lowest BCUT2D eigenvalue weighted by Crippen LogP contribution is -2.23. The fourth-order valence-corrected chi connectivity index (χ4v) is 2.01. The van der Waals surface area contributed by atoms with Crippen molar-refractivity contribution >= 4 is 6.09 Å². The fraction of sp³-hybridized carbons (Fsp3) is 0.267. The van der Waals surface area contributed by atoms with E-state index in [1.807, 2.05) is 24.3 Å². The lowest BCUT2D eigenvalue weighted by Gasteiger charge is -2.19. The lowest BCUT2D eigenvalue weighted by molar-refractivity contribution is 0.116. The number of hydrogen-bond acceptors (Lipinski definition) is 4. The zero-order chi connectivity index (χ0) is 14.4. The minimum absolute atomic E-state index is 0.494. The van der Waals surface area contributed by atoms with Gasteiger partial charge < -0.3 is 10.1 Å². The third-order valence-electron chi connectivity index (χ3n) is 3.00. The van der Waals surface area contributed by atoms with Crippen molar-refractivity contribution in [2.45, 2.75) is 19.4 Å². The van der Waals surface area contributed by atoms with E-state index in [1.54, 1.807) is 18.6 Å². The molecule has 5 nitrogen and oxygen atoms in total. The minimum Gasteiger partial charge on any atom is -0.435 e. The number of carbonyl (C=O) groups is 1. The number of aryl methyl sites for hydroxylation is 1. The maximum Gasteiger partial charge on any atom is 0.407 e. The van der Waals surface area contributed by atoms with E-state index in [9.17, 15) is 4.79 Å². The normalized spacial score (nSPS) is 11.7. The summed E-state index contributed by atoms with van der Waals surface area (Å²) < 4.78 is 5.46. The van der Waals surface area contributed by atoms with Gasteiger partial charge in [0.05, 0.1) is 6.20 Å². The molecule has 2 rings (SSSR count). The first kappa shape index (κ1) is 14.0. The fourth-order valence-electron chi connectivity index (χ4n) is 2.01. The van der Waals surface area contributed by atoms with E-state index in [-0.39, 0.29) is 0 Å². The summed E-state index contributed by atoms with van der Waals surface area (Å²) in [5.41, 5.74) is 2.66. The number of ether oxygens (including phenoxy) is 1. The quantitative estimate of drug-likeness (QED) is 0.928. The molecule has 20 heavy (non-hydrogen) atoms. The van der Waals surface area contributed by atoms with Crippen molar-refractivity contribution in [3.05, 3.63) is 59.7 Å². The first-order chi connectivity index (χ1) is 9.76. The van der Waals surface area contributed by atoms with Crippen LogP contribution in [0.4, 0.5) is 4.79 Å². The molecule has 0 bridgehead atoms. The third kappa shape index (κ3) is 3.12. The van der Waals surface area contributed by atoms with E-state index in [0.29, 0.717) is 5.69 Å². The minimum atomic E-state index is -0.556. The van der Waals surface area contributed by atoms with Crippen LogP contribution < -0.4 is 5.32 Å². The molecular weight excluding hydrogens is 254 g/mol. The average molecular weight is 271 g/mol. The summed E-state index contributed by atoms with van der Waals surface area (Å²) in [5.74, 6) is 0. The first-order valence-corrected chi connectivity index (χ1v) is 6.48. The molecule has 5 heteroatoms. The highest BCUT2D eigenvalue weighted by Crippen LogP contribution is 2.27. The predicted octanol–water partition coefficient (Wildman–Crippen LogP) is 2.48. The van der Waals surface area contributed by atoms with Crippen molar-refractivity contribution in [2.24, 2.45) is 0 Å². The number of aromatic nitrogens is 2. The van der Waals surface area contributed by atoms with E-state index >= 15 is 0 Å². The van der Waals surface area contributed by atoms with Crippen LogP contribution in [0.2, 0.25) is 0 Å². The van der Waals surface area contributed by atoms with Crippen molar-refractivity contribution in [3.63, 3.8) is 0 Å². The molecule has 0 saturated heterocycles. The molecule has 1 N–H and O–H groups in total. The summed E-state index contributed by atoms with van der Waals surface area (Å²) in [6, 6.07) is 7.86. The van der Waals surface area contributed by atoms with E-state index in [1.165, 1.54) is 7.05 Å². The largest absolute Gasteiger partial charge is 0.435 e. The van der Waals surface area contributed by atoms with Crippen LogP contribution in [0.25, 0.3) is 0 Å². The van der Waals surface area contributed by atoms with Crippen molar-refractivity contribution in [3.8, 4) is 0 Å². The summed E-state index contributed by atoms with van der Waals surface area (Å²) >= 11 is 0. The average Bonchev–Trinajstić information content (AvgIpc) is 2.53. The third-order valence-corrected chi connectivity index (χ3v) is 3.00. The van der Waals surface area contributed by atoms with Gasteiger partial charge in [0.25, 0.3) is 0 Å². The van der Waals surface area contributed by atoms with Crippen molar-refractivity contribution < 1.29 is 9.53 Å². The molecule has 1 aromatic carbocycles. The summed E-state index contributed by atoms with van der Waals surface area (Å²) in [7, 11) is 1.53. The number of nitrogens with one attached hydrogen (secondary N) is 1. The van der Waals surface area contributed by atoms with Crippen LogP contribution >= 0.6 is 0 Å². The monoisotopic (exact) mass is 271 g/mol. The van der Waals surface area contributed by atoms with Crippen LogP contribution in [0, 0.1) is 0 Å². The van der Waals surface area contributed by atoms with Gasteiger partial charge in [0.1, 0.15) is 5.69 Å². The lowest BCUT2D eigenvalue weighted by atomic mass is 9.98. The van der Waals surface area contributed by atoms with Gasteiger partial charge in [-0.1, -0.05) is 31.2 Å². The van der Waals surface area contributed by atoms with E-state index in [0.717, 1.165) is 17.5 Å². The Balaban J connectivity index is 2.43. The Morgan fingerprint density at radius 3 is 2.80 bits per heavy atom. The standard InChI is InChI=1S/C15H17N3O2/c1-3-11-6-4-5-7-12(11)14(20-15(19)16-2)13-10-17-8-9-18-13/h4-10,14H,3H2,1-2H3,(H,16,19). The number of carbonyl (C=O) groups excluding carboxylic acids is 1. The predicted molar refractivity (Wildman–Crippen MR) is 75.2 cm³/mol. The number of alkyl carbamates (subject to hydrolysis) is 1. The maximum atomic E-state index is 11.6. The van der Waals surface area contributed by atoms with Crippen LogP contribution in [0.5, 0.6) is 0 Å². The van der Waals surface area contributed by atoms with Crippen LogP contribution in [0.3, 0.4) is 0 Å². The Bertz CT molecular complexity index is 572. The number of amides is 1. The molecule has 0 saturated carbocycles. The van der Waals surface area contributed by atoms with E-state index < -0.39 is 12.2 Å². The molecule has 1 amide bonds. The van der Waals surface area contributed by atoms with Gasteiger partial charge in [-0.2, -0.15) is 0 Å². The highest BCUT2D eigenvalue weighted by atomic mass is 16.6. The molecule has 2 aromatic rings. The van der Waals surface area contributed by atoms with Crippen LogP contribution in [0.15, 0.2) is 42.9 Å². The van der Waals surface area contributed by atoms with E-state index in [4.69, 9.17) is 4.74 Å². The molecule has 0 radical (unpaired) electrons. The SMILES string of the molecule is CCc1ccccc1C(OC(=O)NC)c1cnccn1. The molecule has 1 atom stereocenters. The van der Waals surface area contributed by atoms with Gasteiger partial charge in [-0.15, -0.1) is 0 Å². The van der Waals surface area contributed by atoms with Crippen LogP contribution in [-0.2, 0) is 11.2 Å². The smallest absolute Gasteiger partial charge is 0.407 e. The Kier molecular flexibility index (Phi) is 4.65. The molecule has 1 unspecified atom stereocenters. The van der Waals surface area contributed by atoms with Gasteiger partial charge in [-0.25, -0.2) is 4.79 Å². The summed E-state index contributed by atoms with van der Waals surface area (Å²) in [6.07, 6.45) is 4.59. The number of hydrogen-bond donors (Lipinski definition) is 1. The number of rotatable bonds is 4. The summed E-state index contributed by atoms with van der Waals surface area (Å²) in [4.78, 5) is 19.9. The molecule has 104 valence electrons. The van der Waals surface area contributed by atoms with Crippen molar-refractivity contribution in [1.82, 2.24) is 15.3 Å². The second-order valence-electron chi connectivity index (χ2n) is 4.22. The Hall–Kier alpha value is -2.43. The van der Waals surface area contributed by atoms with Gasteiger partial charge in [0.15, 0.2) is 6.10 Å². The van der Waals surface area contributed by atoms with Crippen molar-refractivity contribution in [1.29, 1.82) is 0 Å².